The predicted molar refractivity (Wildman–Crippen MR) is 88.1 cm³/mol. The van der Waals surface area contributed by atoms with Crippen molar-refractivity contribution >= 4 is 5.69 Å². The summed E-state index contributed by atoms with van der Waals surface area (Å²) in [6, 6.07) is 2.10. The average molecular weight is 275 g/mol. The fourth-order valence-electron chi connectivity index (χ4n) is 2.18. The first-order valence-electron chi connectivity index (χ1n) is 7.38. The third-order valence-corrected chi connectivity index (χ3v) is 3.16. The van der Waals surface area contributed by atoms with Crippen LogP contribution in [0.3, 0.4) is 0 Å². The van der Waals surface area contributed by atoms with Crippen LogP contribution in [0, 0.1) is 5.92 Å². The molecule has 0 radical (unpaired) electrons. The molecule has 0 atom stereocenters. The lowest BCUT2D eigenvalue weighted by Gasteiger charge is -2.38. The van der Waals surface area contributed by atoms with Crippen LogP contribution in [0.25, 0.3) is 0 Å². The highest BCUT2D eigenvalue weighted by Gasteiger charge is 2.22. The monoisotopic (exact) mass is 275 g/mol. The van der Waals surface area contributed by atoms with Crippen LogP contribution < -0.4 is 10.2 Å². The van der Waals surface area contributed by atoms with Crippen LogP contribution in [0.5, 0.6) is 0 Å². The van der Waals surface area contributed by atoms with Gasteiger partial charge in [0.1, 0.15) is 0 Å². The van der Waals surface area contributed by atoms with E-state index in [1.807, 2.05) is 18.5 Å². The van der Waals surface area contributed by atoms with Crippen LogP contribution in [-0.4, -0.2) is 23.6 Å². The Morgan fingerprint density at radius 3 is 2.65 bits per heavy atom. The molecule has 3 nitrogen and oxygen atoms in total. The molecule has 0 aliphatic carbocycles. The van der Waals surface area contributed by atoms with E-state index in [-0.39, 0.29) is 5.54 Å². The van der Waals surface area contributed by atoms with E-state index < -0.39 is 0 Å². The van der Waals surface area contributed by atoms with E-state index in [9.17, 15) is 0 Å². The standard InChI is InChI=1S/C17H29N3/c1-7-10-20(17(4,5)6)16-8-9-18-12-15(16)13-19-11-14(2)3/h7-9,12,14,19H,1,10-11,13H2,2-6H3. The lowest BCUT2D eigenvalue weighted by atomic mass is 10.0. The number of hydrogen-bond donors (Lipinski definition) is 1. The molecule has 0 fully saturated rings. The Morgan fingerprint density at radius 1 is 1.40 bits per heavy atom. The highest BCUT2D eigenvalue weighted by molar-refractivity contribution is 5.54. The van der Waals surface area contributed by atoms with E-state index >= 15 is 0 Å². The van der Waals surface area contributed by atoms with E-state index in [0.717, 1.165) is 19.6 Å². The van der Waals surface area contributed by atoms with Crippen molar-refractivity contribution in [1.82, 2.24) is 10.3 Å². The Kier molecular flexibility index (Phi) is 6.21. The molecule has 1 N–H and O–H groups in total. The molecular formula is C17H29N3. The fourth-order valence-corrected chi connectivity index (χ4v) is 2.18. The van der Waals surface area contributed by atoms with Gasteiger partial charge in [0.15, 0.2) is 0 Å². The van der Waals surface area contributed by atoms with Crippen molar-refractivity contribution in [3.8, 4) is 0 Å². The van der Waals surface area contributed by atoms with E-state index in [4.69, 9.17) is 0 Å². The Morgan fingerprint density at radius 2 is 2.10 bits per heavy atom. The quantitative estimate of drug-likeness (QED) is 0.770. The van der Waals surface area contributed by atoms with Crippen molar-refractivity contribution in [2.24, 2.45) is 5.92 Å². The zero-order valence-electron chi connectivity index (χ0n) is 13.6. The van der Waals surface area contributed by atoms with Crippen molar-refractivity contribution < 1.29 is 0 Å². The molecule has 1 aromatic rings. The minimum absolute atomic E-state index is 0.0579. The molecule has 3 heteroatoms. The summed E-state index contributed by atoms with van der Waals surface area (Å²) in [4.78, 5) is 6.64. The van der Waals surface area contributed by atoms with E-state index in [2.05, 4.69) is 62.5 Å². The number of nitrogens with zero attached hydrogens (tertiary/aromatic N) is 2. The molecule has 0 bridgehead atoms. The summed E-state index contributed by atoms with van der Waals surface area (Å²) in [5, 5.41) is 3.50. The molecule has 0 aliphatic heterocycles. The number of aromatic nitrogens is 1. The van der Waals surface area contributed by atoms with Gasteiger partial charge in [-0.25, -0.2) is 0 Å². The average Bonchev–Trinajstić information content (AvgIpc) is 2.35. The molecule has 0 unspecified atom stereocenters. The fraction of sp³-hybridized carbons (Fsp3) is 0.588. The largest absolute Gasteiger partial charge is 0.363 e. The second-order valence-corrected chi connectivity index (χ2v) is 6.60. The van der Waals surface area contributed by atoms with Crippen molar-refractivity contribution in [1.29, 1.82) is 0 Å². The summed E-state index contributed by atoms with van der Waals surface area (Å²) < 4.78 is 0. The number of anilines is 1. The minimum atomic E-state index is 0.0579. The summed E-state index contributed by atoms with van der Waals surface area (Å²) in [5.74, 6) is 0.655. The van der Waals surface area contributed by atoms with Gasteiger partial charge in [-0.2, -0.15) is 0 Å². The van der Waals surface area contributed by atoms with Gasteiger partial charge in [-0.3, -0.25) is 4.98 Å². The number of nitrogens with one attached hydrogen (secondary N) is 1. The number of hydrogen-bond acceptors (Lipinski definition) is 3. The zero-order valence-corrected chi connectivity index (χ0v) is 13.6. The van der Waals surface area contributed by atoms with Gasteiger partial charge >= 0.3 is 0 Å². The van der Waals surface area contributed by atoms with Gasteiger partial charge in [0.2, 0.25) is 0 Å². The van der Waals surface area contributed by atoms with Crippen LogP contribution >= 0.6 is 0 Å². The van der Waals surface area contributed by atoms with E-state index in [0.29, 0.717) is 5.92 Å². The summed E-state index contributed by atoms with van der Waals surface area (Å²) in [6.07, 6.45) is 5.78. The Bertz CT molecular complexity index is 418. The molecule has 0 spiro atoms. The van der Waals surface area contributed by atoms with Crippen molar-refractivity contribution in [3.63, 3.8) is 0 Å². The molecule has 0 amide bonds. The van der Waals surface area contributed by atoms with Gasteiger partial charge in [-0.05, 0) is 39.3 Å². The number of rotatable bonds is 7. The topological polar surface area (TPSA) is 28.2 Å². The third-order valence-electron chi connectivity index (χ3n) is 3.16. The summed E-state index contributed by atoms with van der Waals surface area (Å²) in [5.41, 5.74) is 2.54. The highest BCUT2D eigenvalue weighted by atomic mass is 15.2. The van der Waals surface area contributed by atoms with Crippen LogP contribution in [0.1, 0.15) is 40.2 Å². The maximum atomic E-state index is 4.28. The maximum Gasteiger partial charge on any atom is 0.0449 e. The van der Waals surface area contributed by atoms with Gasteiger partial charge in [0.25, 0.3) is 0 Å². The smallest absolute Gasteiger partial charge is 0.0449 e. The second kappa shape index (κ2) is 7.44. The third kappa shape index (κ3) is 4.97. The SMILES string of the molecule is C=CCN(c1ccncc1CNCC(C)C)C(C)(C)C. The first-order chi connectivity index (χ1) is 9.36. The molecule has 0 aromatic carbocycles. The van der Waals surface area contributed by atoms with Crippen LogP contribution in [0.4, 0.5) is 5.69 Å². The number of pyridine rings is 1. The van der Waals surface area contributed by atoms with Gasteiger partial charge in [-0.1, -0.05) is 19.9 Å². The summed E-state index contributed by atoms with van der Waals surface area (Å²) in [7, 11) is 0. The van der Waals surface area contributed by atoms with Crippen molar-refractivity contribution in [2.75, 3.05) is 18.0 Å². The Hall–Kier alpha value is -1.35. The van der Waals surface area contributed by atoms with Gasteiger partial charge in [0, 0.05) is 42.3 Å². The van der Waals surface area contributed by atoms with Crippen LogP contribution in [0.2, 0.25) is 0 Å². The molecule has 1 heterocycles. The molecular weight excluding hydrogens is 246 g/mol. The molecule has 0 saturated carbocycles. The van der Waals surface area contributed by atoms with Crippen molar-refractivity contribution in [3.05, 3.63) is 36.7 Å². The second-order valence-electron chi connectivity index (χ2n) is 6.60. The Balaban J connectivity index is 2.94. The molecule has 0 saturated heterocycles. The van der Waals surface area contributed by atoms with E-state index in [1.165, 1.54) is 11.3 Å². The molecule has 20 heavy (non-hydrogen) atoms. The normalized spacial score (nSPS) is 11.7. The lowest BCUT2D eigenvalue weighted by molar-refractivity contribution is 0.515. The van der Waals surface area contributed by atoms with Gasteiger partial charge < -0.3 is 10.2 Å². The molecule has 1 rings (SSSR count). The summed E-state index contributed by atoms with van der Waals surface area (Å²) >= 11 is 0. The Labute approximate surface area is 124 Å². The van der Waals surface area contributed by atoms with Crippen LogP contribution in [-0.2, 0) is 6.54 Å². The first kappa shape index (κ1) is 16.7. The van der Waals surface area contributed by atoms with Gasteiger partial charge in [-0.15, -0.1) is 6.58 Å². The van der Waals surface area contributed by atoms with E-state index in [1.54, 1.807) is 0 Å². The molecule has 0 aliphatic rings. The lowest BCUT2D eigenvalue weighted by Crippen LogP contribution is -2.42. The molecule has 1 aromatic heterocycles. The first-order valence-corrected chi connectivity index (χ1v) is 7.38. The van der Waals surface area contributed by atoms with Crippen molar-refractivity contribution in [2.45, 2.75) is 46.7 Å². The zero-order chi connectivity index (χ0) is 15.2. The van der Waals surface area contributed by atoms with Gasteiger partial charge in [0.05, 0.1) is 0 Å². The minimum Gasteiger partial charge on any atom is -0.363 e. The predicted octanol–water partition coefficient (Wildman–Crippen LogP) is 3.62. The highest BCUT2D eigenvalue weighted by Crippen LogP contribution is 2.26. The summed E-state index contributed by atoms with van der Waals surface area (Å²) in [6.45, 7) is 17.7. The van der Waals surface area contributed by atoms with Crippen LogP contribution in [0.15, 0.2) is 31.1 Å². The molecule has 112 valence electrons. The maximum absolute atomic E-state index is 4.28.